The van der Waals surface area contributed by atoms with Crippen LogP contribution in [0.15, 0.2) is 27.5 Å². The first kappa shape index (κ1) is 12.2. The van der Waals surface area contributed by atoms with E-state index in [1.54, 1.807) is 13.3 Å². The van der Waals surface area contributed by atoms with Crippen molar-refractivity contribution in [1.29, 1.82) is 0 Å². The van der Waals surface area contributed by atoms with E-state index in [1.165, 1.54) is 5.56 Å². The summed E-state index contributed by atoms with van der Waals surface area (Å²) in [6.45, 7) is 6.25. The molecule has 2 nitrogen and oxygen atoms in total. The molecular formula is C12H19NOS. The Morgan fingerprint density at radius 2 is 1.93 bits per heavy atom. The fourth-order valence-corrected chi connectivity index (χ4v) is 2.70. The number of nitrogens with zero attached hydrogens (tertiary/aromatic N) is 1. The van der Waals surface area contributed by atoms with Gasteiger partial charge in [-0.3, -0.25) is 0 Å². The van der Waals surface area contributed by atoms with Gasteiger partial charge >= 0.3 is 0 Å². The summed E-state index contributed by atoms with van der Waals surface area (Å²) in [7, 11) is -0.595. The van der Waals surface area contributed by atoms with Crippen LogP contribution in [0.1, 0.15) is 30.9 Å². The second-order valence-electron chi connectivity index (χ2n) is 4.16. The molecule has 1 aromatic carbocycles. The maximum absolute atomic E-state index is 12.2. The summed E-state index contributed by atoms with van der Waals surface area (Å²) >= 11 is 0. The van der Waals surface area contributed by atoms with Gasteiger partial charge < -0.3 is 0 Å². The molecule has 0 aliphatic heterocycles. The van der Waals surface area contributed by atoms with Gasteiger partial charge in [0, 0.05) is 13.3 Å². The number of hydrogen-bond acceptors (Lipinski definition) is 2. The van der Waals surface area contributed by atoms with Crippen molar-refractivity contribution in [2.75, 3.05) is 13.3 Å². The highest BCUT2D eigenvalue weighted by molar-refractivity contribution is 7.93. The summed E-state index contributed by atoms with van der Waals surface area (Å²) in [4.78, 5) is 0.871. The zero-order chi connectivity index (χ0) is 11.6. The number of rotatable bonds is 2. The van der Waals surface area contributed by atoms with Crippen molar-refractivity contribution in [3.8, 4) is 0 Å². The van der Waals surface area contributed by atoms with Crippen LogP contribution in [0.5, 0.6) is 0 Å². The van der Waals surface area contributed by atoms with Crippen LogP contribution in [0.2, 0.25) is 0 Å². The lowest BCUT2D eigenvalue weighted by Gasteiger charge is -2.12. The molecule has 0 amide bonds. The van der Waals surface area contributed by atoms with Crippen LogP contribution in [-0.2, 0) is 9.73 Å². The molecule has 0 aromatic heterocycles. The summed E-state index contributed by atoms with van der Waals surface area (Å²) in [5.74, 6) is 0.455. The standard InChI is InChI=1S/C12H19NOS/c1-9(2)11-7-6-10(3)12(8-11)15(5,14)13-4/h6-9H,1-5H3. The second kappa shape index (κ2) is 4.35. The second-order valence-corrected chi connectivity index (χ2v) is 6.57. The van der Waals surface area contributed by atoms with Gasteiger partial charge in [0.15, 0.2) is 0 Å². The zero-order valence-corrected chi connectivity index (χ0v) is 10.9. The third kappa shape index (κ3) is 2.59. The summed E-state index contributed by atoms with van der Waals surface area (Å²) in [6, 6.07) is 6.14. The first-order chi connectivity index (χ1) is 6.88. The van der Waals surface area contributed by atoms with Crippen LogP contribution in [-0.4, -0.2) is 17.5 Å². The highest BCUT2D eigenvalue weighted by atomic mass is 32.2. The summed E-state index contributed by atoms with van der Waals surface area (Å²) in [6.07, 6.45) is 1.69. The average molecular weight is 225 g/mol. The minimum Gasteiger partial charge on any atom is -0.245 e. The molecule has 0 N–H and O–H groups in total. The Bertz CT molecular complexity index is 469. The van der Waals surface area contributed by atoms with E-state index in [4.69, 9.17) is 0 Å². The molecule has 0 aliphatic carbocycles. The molecular weight excluding hydrogens is 206 g/mol. The molecule has 0 saturated carbocycles. The lowest BCUT2D eigenvalue weighted by atomic mass is 10.0. The Labute approximate surface area is 92.9 Å². The minimum atomic E-state index is -2.21. The molecule has 0 heterocycles. The Hall–Kier alpha value is -0.830. The largest absolute Gasteiger partial charge is 0.245 e. The predicted octanol–water partition coefficient (Wildman–Crippen LogP) is 3.20. The summed E-state index contributed by atoms with van der Waals surface area (Å²) in [5.41, 5.74) is 2.27. The van der Waals surface area contributed by atoms with Crippen LogP contribution >= 0.6 is 0 Å². The molecule has 0 bridgehead atoms. The van der Waals surface area contributed by atoms with Crippen molar-refractivity contribution in [2.45, 2.75) is 31.6 Å². The van der Waals surface area contributed by atoms with Crippen molar-refractivity contribution < 1.29 is 4.21 Å². The molecule has 0 aliphatic rings. The fourth-order valence-electron chi connectivity index (χ4n) is 1.48. The van der Waals surface area contributed by atoms with Crippen LogP contribution < -0.4 is 0 Å². The quantitative estimate of drug-likeness (QED) is 0.760. The molecule has 84 valence electrons. The molecule has 3 heteroatoms. The topological polar surface area (TPSA) is 29.4 Å². The van der Waals surface area contributed by atoms with Gasteiger partial charge in [-0.05, 0) is 30.0 Å². The van der Waals surface area contributed by atoms with Crippen molar-refractivity contribution in [3.63, 3.8) is 0 Å². The molecule has 0 saturated heterocycles. The summed E-state index contributed by atoms with van der Waals surface area (Å²) < 4.78 is 16.2. The van der Waals surface area contributed by atoms with Crippen LogP contribution in [0.4, 0.5) is 0 Å². The zero-order valence-electron chi connectivity index (χ0n) is 10.1. The van der Waals surface area contributed by atoms with E-state index in [0.717, 1.165) is 10.5 Å². The van der Waals surface area contributed by atoms with E-state index >= 15 is 0 Å². The van der Waals surface area contributed by atoms with Crippen molar-refractivity contribution in [1.82, 2.24) is 0 Å². The lowest BCUT2D eigenvalue weighted by Crippen LogP contribution is -2.01. The highest BCUT2D eigenvalue weighted by Crippen LogP contribution is 2.22. The first-order valence-electron chi connectivity index (χ1n) is 5.09. The third-order valence-corrected chi connectivity index (χ3v) is 4.59. The van der Waals surface area contributed by atoms with Gasteiger partial charge in [-0.25, -0.2) is 8.57 Å². The van der Waals surface area contributed by atoms with E-state index in [2.05, 4.69) is 24.3 Å². The molecule has 1 aromatic rings. The van der Waals surface area contributed by atoms with Gasteiger partial charge in [-0.15, -0.1) is 0 Å². The van der Waals surface area contributed by atoms with Gasteiger partial charge in [0.25, 0.3) is 0 Å². The Balaban J connectivity index is 3.43. The SMILES string of the molecule is CN=S(C)(=O)c1cc(C(C)C)ccc1C. The fraction of sp³-hybridized carbons (Fsp3) is 0.500. The van der Waals surface area contributed by atoms with Crippen LogP contribution in [0.3, 0.4) is 0 Å². The van der Waals surface area contributed by atoms with Gasteiger partial charge in [0.05, 0.1) is 14.6 Å². The molecule has 1 rings (SSSR count). The van der Waals surface area contributed by atoms with E-state index in [1.807, 2.05) is 19.1 Å². The van der Waals surface area contributed by atoms with Crippen molar-refractivity contribution >= 4 is 9.73 Å². The van der Waals surface area contributed by atoms with Crippen LogP contribution in [0.25, 0.3) is 0 Å². The predicted molar refractivity (Wildman–Crippen MR) is 66.0 cm³/mol. The maximum atomic E-state index is 12.2. The van der Waals surface area contributed by atoms with E-state index < -0.39 is 9.73 Å². The maximum Gasteiger partial charge on any atom is 0.0723 e. The minimum absolute atomic E-state index is 0.455. The van der Waals surface area contributed by atoms with E-state index in [9.17, 15) is 4.21 Å². The number of hydrogen-bond donors (Lipinski definition) is 0. The first-order valence-corrected chi connectivity index (χ1v) is 7.01. The Kier molecular flexibility index (Phi) is 3.55. The van der Waals surface area contributed by atoms with Gasteiger partial charge in [0.1, 0.15) is 0 Å². The molecule has 1 atom stereocenters. The molecule has 1 unspecified atom stereocenters. The van der Waals surface area contributed by atoms with Crippen molar-refractivity contribution in [2.24, 2.45) is 4.36 Å². The lowest BCUT2D eigenvalue weighted by molar-refractivity contribution is 0.679. The normalized spacial score (nSPS) is 15.1. The van der Waals surface area contributed by atoms with Crippen LogP contribution in [0, 0.1) is 6.92 Å². The summed E-state index contributed by atoms with van der Waals surface area (Å²) in [5, 5.41) is 0. The number of aryl methyl sites for hydroxylation is 1. The number of benzene rings is 1. The molecule has 0 spiro atoms. The molecule has 15 heavy (non-hydrogen) atoms. The Morgan fingerprint density at radius 3 is 2.40 bits per heavy atom. The van der Waals surface area contributed by atoms with Gasteiger partial charge in [-0.2, -0.15) is 0 Å². The smallest absolute Gasteiger partial charge is 0.0723 e. The Morgan fingerprint density at radius 1 is 1.33 bits per heavy atom. The van der Waals surface area contributed by atoms with Crippen molar-refractivity contribution in [3.05, 3.63) is 29.3 Å². The third-order valence-electron chi connectivity index (χ3n) is 2.64. The van der Waals surface area contributed by atoms with E-state index in [-0.39, 0.29) is 0 Å². The van der Waals surface area contributed by atoms with Gasteiger partial charge in [-0.1, -0.05) is 26.0 Å². The molecule has 0 fully saturated rings. The van der Waals surface area contributed by atoms with E-state index in [0.29, 0.717) is 5.92 Å². The van der Waals surface area contributed by atoms with Gasteiger partial charge in [0.2, 0.25) is 0 Å². The monoisotopic (exact) mass is 225 g/mol. The average Bonchev–Trinajstić information content (AvgIpc) is 2.17. The molecule has 0 radical (unpaired) electrons. The highest BCUT2D eigenvalue weighted by Gasteiger charge is 2.10.